The Kier molecular flexibility index (Phi) is 7.56. The van der Waals surface area contributed by atoms with Gasteiger partial charge >= 0.3 is 0 Å². The molecule has 0 bridgehead atoms. The van der Waals surface area contributed by atoms with Gasteiger partial charge in [-0.1, -0.05) is 82.7 Å². The third-order valence-corrected chi connectivity index (χ3v) is 7.36. The average molecular weight is 570 g/mol. The summed E-state index contributed by atoms with van der Waals surface area (Å²) >= 11 is 3.46. The molecule has 5 rings (SSSR count). The molecule has 0 aromatic heterocycles. The molecule has 0 spiro atoms. The van der Waals surface area contributed by atoms with Crippen molar-refractivity contribution in [2.24, 2.45) is 0 Å². The molecule has 1 aliphatic heterocycles. The Balaban J connectivity index is 1.50. The number of anilines is 1. The lowest BCUT2D eigenvalue weighted by Gasteiger charge is -2.33. The van der Waals surface area contributed by atoms with E-state index in [0.717, 1.165) is 32.1 Å². The number of amides is 3. The summed E-state index contributed by atoms with van der Waals surface area (Å²) in [6, 6.07) is 28.0. The van der Waals surface area contributed by atoms with Gasteiger partial charge < -0.3 is 10.2 Å². The maximum absolute atomic E-state index is 14.1. The van der Waals surface area contributed by atoms with E-state index in [1.165, 1.54) is 4.90 Å². The number of hydrogen-bond acceptors (Lipinski definition) is 3. The van der Waals surface area contributed by atoms with Crippen molar-refractivity contribution in [1.82, 2.24) is 10.2 Å². The standard InChI is InChI=1S/C31H28BrN3O3/c1-2-33-30(37)27(18-21-8-4-3-5-9-21)34(19-22-14-16-24(32)17-15-22)28(36)20-35-26-13-7-11-23-10-6-12-25(29(23)26)31(35)38/h3-17,27H,2,18-20H2,1H3,(H,33,37)/t27-/m0/s1. The van der Waals surface area contributed by atoms with Crippen LogP contribution in [0.1, 0.15) is 28.4 Å². The fourth-order valence-corrected chi connectivity index (χ4v) is 5.26. The number of nitrogens with zero attached hydrogens (tertiary/aromatic N) is 2. The van der Waals surface area contributed by atoms with Crippen LogP contribution in [0, 0.1) is 0 Å². The quantitative estimate of drug-likeness (QED) is 0.296. The molecule has 7 heteroatoms. The molecule has 1 atom stereocenters. The average Bonchev–Trinajstić information content (AvgIpc) is 3.20. The van der Waals surface area contributed by atoms with Crippen molar-refractivity contribution in [3.8, 4) is 0 Å². The third-order valence-electron chi connectivity index (χ3n) is 6.83. The van der Waals surface area contributed by atoms with Crippen LogP contribution in [-0.4, -0.2) is 41.8 Å². The molecule has 0 saturated carbocycles. The monoisotopic (exact) mass is 569 g/mol. The lowest BCUT2D eigenvalue weighted by Crippen LogP contribution is -2.53. The van der Waals surface area contributed by atoms with E-state index in [1.54, 1.807) is 11.0 Å². The summed E-state index contributed by atoms with van der Waals surface area (Å²) in [5.74, 6) is -0.718. The largest absolute Gasteiger partial charge is 0.355 e. The van der Waals surface area contributed by atoms with Crippen molar-refractivity contribution in [2.75, 3.05) is 18.0 Å². The van der Waals surface area contributed by atoms with Crippen LogP contribution in [0.3, 0.4) is 0 Å². The first-order valence-corrected chi connectivity index (χ1v) is 13.4. The van der Waals surface area contributed by atoms with Crippen LogP contribution in [0.2, 0.25) is 0 Å². The summed E-state index contributed by atoms with van der Waals surface area (Å²) in [6.07, 6.45) is 0.360. The topological polar surface area (TPSA) is 69.7 Å². The number of rotatable bonds is 9. The van der Waals surface area contributed by atoms with Gasteiger partial charge in [-0.05, 0) is 47.7 Å². The van der Waals surface area contributed by atoms with Gasteiger partial charge in [-0.2, -0.15) is 0 Å². The van der Waals surface area contributed by atoms with Crippen molar-refractivity contribution < 1.29 is 14.4 Å². The van der Waals surface area contributed by atoms with Gasteiger partial charge in [0.05, 0.1) is 5.69 Å². The van der Waals surface area contributed by atoms with Crippen LogP contribution < -0.4 is 10.2 Å². The molecule has 1 aliphatic rings. The van der Waals surface area contributed by atoms with E-state index in [2.05, 4.69) is 21.2 Å². The second-order valence-electron chi connectivity index (χ2n) is 9.32. The Bertz CT molecular complexity index is 1480. The maximum Gasteiger partial charge on any atom is 0.259 e. The first kappa shape index (κ1) is 25.7. The number of halogens is 1. The van der Waals surface area contributed by atoms with Crippen molar-refractivity contribution >= 4 is 50.1 Å². The number of likely N-dealkylation sites (N-methyl/N-ethyl adjacent to an activating group) is 1. The smallest absolute Gasteiger partial charge is 0.259 e. The Hall–Kier alpha value is -3.97. The van der Waals surface area contributed by atoms with Gasteiger partial charge in [-0.3, -0.25) is 19.3 Å². The molecule has 0 aliphatic carbocycles. The lowest BCUT2D eigenvalue weighted by atomic mass is 10.0. The van der Waals surface area contributed by atoms with E-state index >= 15 is 0 Å². The van der Waals surface area contributed by atoms with Crippen molar-refractivity contribution in [1.29, 1.82) is 0 Å². The number of benzene rings is 4. The minimum Gasteiger partial charge on any atom is -0.355 e. The summed E-state index contributed by atoms with van der Waals surface area (Å²) in [4.78, 5) is 44.0. The minimum absolute atomic E-state index is 0.159. The molecule has 38 heavy (non-hydrogen) atoms. The first-order chi connectivity index (χ1) is 18.5. The summed E-state index contributed by atoms with van der Waals surface area (Å²) in [5, 5.41) is 4.72. The Morgan fingerprint density at radius 2 is 1.61 bits per heavy atom. The van der Waals surface area contributed by atoms with Gasteiger partial charge in [0.1, 0.15) is 12.6 Å². The zero-order valence-corrected chi connectivity index (χ0v) is 22.6. The van der Waals surface area contributed by atoms with E-state index in [-0.39, 0.29) is 30.8 Å². The van der Waals surface area contributed by atoms with Gasteiger partial charge in [-0.15, -0.1) is 0 Å². The fourth-order valence-electron chi connectivity index (χ4n) is 4.99. The molecule has 0 radical (unpaired) electrons. The fraction of sp³-hybridized carbons (Fsp3) is 0.194. The molecule has 1 heterocycles. The predicted octanol–water partition coefficient (Wildman–Crippen LogP) is 5.34. The molecule has 0 unspecified atom stereocenters. The Morgan fingerprint density at radius 3 is 2.32 bits per heavy atom. The Labute approximate surface area is 230 Å². The van der Waals surface area contributed by atoms with Crippen LogP contribution >= 0.6 is 15.9 Å². The first-order valence-electron chi connectivity index (χ1n) is 12.7. The number of nitrogens with one attached hydrogen (secondary N) is 1. The van der Waals surface area contributed by atoms with Gasteiger partial charge in [0.15, 0.2) is 0 Å². The van der Waals surface area contributed by atoms with Gasteiger partial charge in [-0.25, -0.2) is 0 Å². The second kappa shape index (κ2) is 11.2. The number of carbonyl (C=O) groups is 3. The molecule has 6 nitrogen and oxygen atoms in total. The lowest BCUT2D eigenvalue weighted by molar-refractivity contribution is -0.140. The summed E-state index contributed by atoms with van der Waals surface area (Å²) in [7, 11) is 0. The molecule has 1 N–H and O–H groups in total. The van der Waals surface area contributed by atoms with Crippen LogP contribution in [0.15, 0.2) is 95.5 Å². The molecule has 0 fully saturated rings. The maximum atomic E-state index is 14.1. The molecule has 4 aromatic rings. The molecule has 192 valence electrons. The van der Waals surface area contributed by atoms with Gasteiger partial charge in [0, 0.05) is 34.9 Å². The molecular weight excluding hydrogens is 542 g/mol. The minimum atomic E-state index is -0.746. The highest BCUT2D eigenvalue weighted by molar-refractivity contribution is 9.10. The number of carbonyl (C=O) groups excluding carboxylic acids is 3. The normalized spacial score (nSPS) is 13.0. The van der Waals surface area contributed by atoms with Crippen LogP contribution in [-0.2, 0) is 22.6 Å². The Morgan fingerprint density at radius 1 is 0.895 bits per heavy atom. The zero-order chi connectivity index (χ0) is 26.6. The highest BCUT2D eigenvalue weighted by Gasteiger charge is 2.35. The van der Waals surface area contributed by atoms with E-state index in [0.29, 0.717) is 18.5 Å². The van der Waals surface area contributed by atoms with E-state index < -0.39 is 6.04 Å². The van der Waals surface area contributed by atoms with E-state index in [9.17, 15) is 14.4 Å². The molecule has 4 aromatic carbocycles. The summed E-state index contributed by atoms with van der Waals surface area (Å²) in [5.41, 5.74) is 3.15. The van der Waals surface area contributed by atoms with Crippen LogP contribution in [0.5, 0.6) is 0 Å². The van der Waals surface area contributed by atoms with Gasteiger partial charge in [0.2, 0.25) is 11.8 Å². The van der Waals surface area contributed by atoms with Crippen molar-refractivity contribution in [2.45, 2.75) is 25.9 Å². The van der Waals surface area contributed by atoms with Gasteiger partial charge in [0.25, 0.3) is 5.91 Å². The predicted molar refractivity (Wildman–Crippen MR) is 153 cm³/mol. The SMILES string of the molecule is CCNC(=O)[C@H](Cc1ccccc1)N(Cc1ccc(Br)cc1)C(=O)CN1C(=O)c2cccc3cccc1c23. The van der Waals surface area contributed by atoms with E-state index in [1.807, 2.05) is 91.9 Å². The second-order valence-corrected chi connectivity index (χ2v) is 10.2. The van der Waals surface area contributed by atoms with Crippen LogP contribution in [0.25, 0.3) is 10.8 Å². The third kappa shape index (κ3) is 5.20. The molecular formula is C31H28BrN3O3. The molecule has 0 saturated heterocycles. The molecule has 3 amide bonds. The summed E-state index contributed by atoms with van der Waals surface area (Å²) in [6.45, 7) is 2.39. The summed E-state index contributed by atoms with van der Waals surface area (Å²) < 4.78 is 0.928. The van der Waals surface area contributed by atoms with Crippen LogP contribution in [0.4, 0.5) is 5.69 Å². The van der Waals surface area contributed by atoms with Crippen molar-refractivity contribution in [3.05, 3.63) is 112 Å². The van der Waals surface area contributed by atoms with E-state index in [4.69, 9.17) is 0 Å². The highest BCUT2D eigenvalue weighted by Crippen LogP contribution is 2.37. The number of hydrogen-bond donors (Lipinski definition) is 1. The zero-order valence-electron chi connectivity index (χ0n) is 21.1. The highest BCUT2D eigenvalue weighted by atomic mass is 79.9. The van der Waals surface area contributed by atoms with Crippen molar-refractivity contribution in [3.63, 3.8) is 0 Å².